The van der Waals surface area contributed by atoms with Gasteiger partial charge in [0.15, 0.2) is 5.69 Å². The maximum atomic E-state index is 13.6. The molecular weight excluding hydrogens is 528 g/mol. The van der Waals surface area contributed by atoms with Crippen LogP contribution < -0.4 is 5.32 Å². The topological polar surface area (TPSA) is 134 Å². The molecule has 0 radical (unpaired) electrons. The zero-order chi connectivity index (χ0) is 28.5. The predicted octanol–water partition coefficient (Wildman–Crippen LogP) is 3.08. The van der Waals surface area contributed by atoms with E-state index in [9.17, 15) is 24.2 Å². The molecule has 3 aromatic rings. The number of hydrogen-bond acceptors (Lipinski definition) is 6. The van der Waals surface area contributed by atoms with Gasteiger partial charge in [0.2, 0.25) is 0 Å². The van der Waals surface area contributed by atoms with Crippen LogP contribution in [0.1, 0.15) is 71.9 Å². The van der Waals surface area contributed by atoms with Crippen LogP contribution in [0.25, 0.3) is 5.69 Å². The molecule has 11 heteroatoms. The minimum atomic E-state index is -1.17. The van der Waals surface area contributed by atoms with Gasteiger partial charge in [-0.3, -0.25) is 9.59 Å². The number of carboxylic acids is 1. The Morgan fingerprint density at radius 1 is 1.07 bits per heavy atom. The summed E-state index contributed by atoms with van der Waals surface area (Å²) in [6.07, 6.45) is -2.19. The molecule has 0 unspecified atom stereocenters. The second-order valence-electron chi connectivity index (χ2n) is 9.87. The zero-order valence-corrected chi connectivity index (χ0v) is 22.4. The number of nitrogens with one attached hydrogen (secondary N) is 1. The van der Waals surface area contributed by atoms with Crippen molar-refractivity contribution in [1.82, 2.24) is 15.1 Å². The van der Waals surface area contributed by atoms with Crippen molar-refractivity contribution in [3.05, 3.63) is 82.4 Å². The van der Waals surface area contributed by atoms with Gasteiger partial charge in [-0.05, 0) is 60.6 Å². The van der Waals surface area contributed by atoms with E-state index >= 15 is 0 Å². The van der Waals surface area contributed by atoms with Crippen LogP contribution in [0, 0.1) is 5.82 Å². The Balaban J connectivity index is 0.00000560. The fourth-order valence-electron chi connectivity index (χ4n) is 4.56. The third-order valence-electron chi connectivity index (χ3n) is 6.31. The zero-order valence-electron chi connectivity index (χ0n) is 22.4. The average Bonchev–Trinajstić information content (AvgIpc) is 3.26. The molecule has 212 valence electrons. The standard InChI is InChI=1S/C29H36FN3O6.Na.H/c1-18(2)27-25(12-11-23(34)14-24(35)15-26(36)37)33(22-9-7-21(30)8-10-22)32-28(27)29(38)31-16-19-5-4-6-20(13-19)17-39-3;;/h4-10,13,18,23-24,34-35H,11-12,14-17H2,1-3H3,(H,31,38)(H,36,37);;/t23-,24-;;/m1../s1. The maximum absolute atomic E-state index is 13.6. The summed E-state index contributed by atoms with van der Waals surface area (Å²) in [5.74, 6) is -2.02. The number of aliphatic hydroxyl groups excluding tert-OH is 2. The second kappa shape index (κ2) is 16.0. The van der Waals surface area contributed by atoms with Crippen molar-refractivity contribution >= 4 is 41.4 Å². The number of carboxylic acid groups (broad SMARTS) is 1. The first kappa shape index (κ1) is 33.6. The molecule has 3 rings (SSSR count). The molecule has 0 saturated heterocycles. The number of nitrogens with zero attached hydrogens (tertiary/aromatic N) is 2. The molecule has 0 spiro atoms. The summed E-state index contributed by atoms with van der Waals surface area (Å²) in [6, 6.07) is 13.4. The molecule has 1 heterocycles. The SMILES string of the molecule is COCc1cccc(CNC(=O)c2nn(-c3ccc(F)cc3)c(CC[C@@H](O)C[C@@H](O)CC(=O)O)c2C(C)C)c1.[NaH]. The number of halogens is 1. The Morgan fingerprint density at radius 2 is 1.75 bits per heavy atom. The summed E-state index contributed by atoms with van der Waals surface area (Å²) in [5, 5.41) is 36.8. The van der Waals surface area contributed by atoms with Gasteiger partial charge in [0.1, 0.15) is 5.82 Å². The van der Waals surface area contributed by atoms with E-state index in [1.807, 2.05) is 38.1 Å². The van der Waals surface area contributed by atoms with E-state index in [2.05, 4.69) is 10.4 Å². The monoisotopic (exact) mass is 565 g/mol. The van der Waals surface area contributed by atoms with E-state index < -0.39 is 30.4 Å². The molecular formula is C29H37FN3NaO6. The summed E-state index contributed by atoms with van der Waals surface area (Å²) in [5.41, 5.74) is 4.06. The van der Waals surface area contributed by atoms with Crippen LogP contribution in [-0.4, -0.2) is 85.9 Å². The van der Waals surface area contributed by atoms with Crippen molar-refractivity contribution in [1.29, 1.82) is 0 Å². The number of aliphatic carboxylic acids is 1. The minimum absolute atomic E-state index is 0. The van der Waals surface area contributed by atoms with Gasteiger partial charge in [0.25, 0.3) is 5.91 Å². The molecule has 40 heavy (non-hydrogen) atoms. The van der Waals surface area contributed by atoms with E-state index in [1.54, 1.807) is 23.9 Å². The number of aliphatic hydroxyl groups is 2. The average molecular weight is 566 g/mol. The molecule has 1 aromatic heterocycles. The van der Waals surface area contributed by atoms with Crippen LogP contribution in [0.3, 0.4) is 0 Å². The molecule has 0 saturated carbocycles. The number of rotatable bonds is 14. The summed E-state index contributed by atoms with van der Waals surface area (Å²) in [6.45, 7) is 4.62. The summed E-state index contributed by atoms with van der Waals surface area (Å²) in [7, 11) is 1.62. The molecule has 2 atom stereocenters. The Labute approximate surface area is 255 Å². The number of carbonyl (C=O) groups is 2. The van der Waals surface area contributed by atoms with Crippen LogP contribution >= 0.6 is 0 Å². The quantitative estimate of drug-likeness (QED) is 0.221. The summed E-state index contributed by atoms with van der Waals surface area (Å²) < 4.78 is 20.4. The van der Waals surface area contributed by atoms with Gasteiger partial charge < -0.3 is 25.4 Å². The predicted molar refractivity (Wildman–Crippen MR) is 150 cm³/mol. The molecule has 0 fully saturated rings. The first-order chi connectivity index (χ1) is 18.6. The van der Waals surface area contributed by atoms with Crippen LogP contribution in [0.4, 0.5) is 4.39 Å². The van der Waals surface area contributed by atoms with Crippen LogP contribution in [-0.2, 0) is 29.1 Å². The number of carbonyl (C=O) groups excluding carboxylic acids is 1. The van der Waals surface area contributed by atoms with Crippen molar-refractivity contribution in [2.24, 2.45) is 0 Å². The summed E-state index contributed by atoms with van der Waals surface area (Å²) >= 11 is 0. The Kier molecular flexibility index (Phi) is 13.4. The molecule has 4 N–H and O–H groups in total. The number of amides is 1. The Hall–Kier alpha value is -2.60. The van der Waals surface area contributed by atoms with Gasteiger partial charge in [-0.25, -0.2) is 9.07 Å². The van der Waals surface area contributed by atoms with Crippen molar-refractivity contribution in [2.75, 3.05) is 7.11 Å². The normalized spacial score (nSPS) is 12.6. The Bertz CT molecular complexity index is 1270. The van der Waals surface area contributed by atoms with E-state index in [-0.39, 0.29) is 66.5 Å². The molecule has 0 aliphatic rings. The number of benzene rings is 2. The van der Waals surface area contributed by atoms with E-state index in [1.165, 1.54) is 12.1 Å². The van der Waals surface area contributed by atoms with Crippen molar-refractivity contribution < 1.29 is 34.0 Å². The fraction of sp³-hybridized carbons (Fsp3) is 0.414. The number of ether oxygens (including phenoxy) is 1. The first-order valence-corrected chi connectivity index (χ1v) is 12.9. The van der Waals surface area contributed by atoms with Gasteiger partial charge in [0, 0.05) is 24.9 Å². The van der Waals surface area contributed by atoms with E-state index in [0.717, 1.165) is 11.1 Å². The number of aromatic nitrogens is 2. The van der Waals surface area contributed by atoms with Gasteiger partial charge >= 0.3 is 35.5 Å². The van der Waals surface area contributed by atoms with Gasteiger partial charge in [-0.1, -0.05) is 38.1 Å². The van der Waals surface area contributed by atoms with Gasteiger partial charge in [0.05, 0.1) is 30.9 Å². The van der Waals surface area contributed by atoms with Crippen LogP contribution in [0.5, 0.6) is 0 Å². The van der Waals surface area contributed by atoms with Gasteiger partial charge in [-0.2, -0.15) is 5.10 Å². The van der Waals surface area contributed by atoms with Crippen LogP contribution in [0.15, 0.2) is 48.5 Å². The van der Waals surface area contributed by atoms with Crippen molar-refractivity contribution in [3.8, 4) is 5.69 Å². The molecule has 0 aliphatic carbocycles. The summed E-state index contributed by atoms with van der Waals surface area (Å²) in [4.78, 5) is 24.2. The van der Waals surface area contributed by atoms with Gasteiger partial charge in [-0.15, -0.1) is 0 Å². The van der Waals surface area contributed by atoms with Crippen molar-refractivity contribution in [3.63, 3.8) is 0 Å². The molecule has 1 amide bonds. The third kappa shape index (κ3) is 9.50. The van der Waals surface area contributed by atoms with Crippen LogP contribution in [0.2, 0.25) is 0 Å². The fourth-order valence-corrected chi connectivity index (χ4v) is 4.56. The number of hydrogen-bond donors (Lipinski definition) is 4. The Morgan fingerprint density at radius 3 is 2.38 bits per heavy atom. The van der Waals surface area contributed by atoms with Crippen molar-refractivity contribution in [2.45, 2.75) is 70.8 Å². The number of methoxy groups -OCH3 is 1. The molecule has 0 aliphatic heterocycles. The molecule has 2 aromatic carbocycles. The van der Waals surface area contributed by atoms with E-state index in [0.29, 0.717) is 30.0 Å². The third-order valence-corrected chi connectivity index (χ3v) is 6.31. The van der Waals surface area contributed by atoms with E-state index in [4.69, 9.17) is 9.84 Å². The molecule has 9 nitrogen and oxygen atoms in total. The second-order valence-corrected chi connectivity index (χ2v) is 9.87. The first-order valence-electron chi connectivity index (χ1n) is 12.9. The molecule has 0 bridgehead atoms.